The molecule has 0 amide bonds. The van der Waals surface area contributed by atoms with Gasteiger partial charge in [0.25, 0.3) is 0 Å². The van der Waals surface area contributed by atoms with Crippen molar-refractivity contribution in [3.8, 4) is 5.75 Å². The average Bonchev–Trinajstić information content (AvgIpc) is 3.44. The van der Waals surface area contributed by atoms with Crippen LogP contribution in [0.25, 0.3) is 10.9 Å². The number of pyridine rings is 1. The van der Waals surface area contributed by atoms with Crippen LogP contribution in [0, 0.1) is 5.92 Å². The third-order valence-corrected chi connectivity index (χ3v) is 5.59. The van der Waals surface area contributed by atoms with Gasteiger partial charge in [-0.2, -0.15) is 0 Å². The number of fused-ring (bicyclic) bond motifs is 1. The van der Waals surface area contributed by atoms with E-state index >= 15 is 0 Å². The molecule has 2 fully saturated rings. The van der Waals surface area contributed by atoms with Gasteiger partial charge in [0.1, 0.15) is 5.56 Å². The van der Waals surface area contributed by atoms with Crippen LogP contribution >= 0.6 is 0 Å². The molecule has 0 unspecified atom stereocenters. The highest BCUT2D eigenvalue weighted by Crippen LogP contribution is 2.50. The number of rotatable bonds is 4. The van der Waals surface area contributed by atoms with Gasteiger partial charge in [0, 0.05) is 25.3 Å². The van der Waals surface area contributed by atoms with Gasteiger partial charge in [-0.05, 0) is 42.7 Å². The first-order chi connectivity index (χ1) is 12.9. The molecule has 1 saturated carbocycles. The van der Waals surface area contributed by atoms with Gasteiger partial charge >= 0.3 is 5.97 Å². The first kappa shape index (κ1) is 17.9. The monoisotopic (exact) mass is 371 g/mol. The number of methoxy groups -OCH3 is 1. The number of nitrogens with zero attached hydrogens (tertiary/aromatic N) is 1. The average molecular weight is 371 g/mol. The Kier molecular flexibility index (Phi) is 4.34. The van der Waals surface area contributed by atoms with Crippen LogP contribution in [-0.2, 0) is 0 Å². The van der Waals surface area contributed by atoms with Gasteiger partial charge in [0.15, 0.2) is 5.75 Å². The van der Waals surface area contributed by atoms with Crippen LogP contribution in [0.2, 0.25) is 0 Å². The van der Waals surface area contributed by atoms with E-state index in [2.05, 4.69) is 16.8 Å². The van der Waals surface area contributed by atoms with Crippen LogP contribution in [-0.4, -0.2) is 42.3 Å². The number of nitrogens with one attached hydrogen (secondary N) is 1. The topological polar surface area (TPSA) is 109 Å². The molecule has 4 rings (SSSR count). The molecule has 1 saturated heterocycles. The molecule has 0 radical (unpaired) electrons. The Bertz CT molecular complexity index is 954. The normalized spacial score (nSPS) is 22.9. The van der Waals surface area contributed by atoms with Crippen LogP contribution in [0.3, 0.4) is 0 Å². The minimum Gasteiger partial charge on any atom is -0.492 e. The number of aromatic nitrogens is 1. The summed E-state index contributed by atoms with van der Waals surface area (Å²) in [5.74, 6) is 0.212. The Hall–Kier alpha value is -2.54. The zero-order valence-corrected chi connectivity index (χ0v) is 15.6. The minimum atomic E-state index is -1.23. The molecule has 2 atom stereocenters. The third kappa shape index (κ3) is 3.06. The van der Waals surface area contributed by atoms with E-state index in [4.69, 9.17) is 10.5 Å². The van der Waals surface area contributed by atoms with Crippen molar-refractivity contribution >= 4 is 22.6 Å². The summed E-state index contributed by atoms with van der Waals surface area (Å²) >= 11 is 0. The number of carboxylic acid groups (broad SMARTS) is 1. The molecule has 7 nitrogen and oxygen atoms in total. The minimum absolute atomic E-state index is 0.0923. The largest absolute Gasteiger partial charge is 0.492 e. The van der Waals surface area contributed by atoms with Gasteiger partial charge in [-0.25, -0.2) is 4.79 Å². The smallest absolute Gasteiger partial charge is 0.341 e. The van der Waals surface area contributed by atoms with Crippen molar-refractivity contribution in [3.05, 3.63) is 33.6 Å². The predicted molar refractivity (Wildman–Crippen MR) is 104 cm³/mol. The SMILES string of the molecule is COc1c(N2C[C@@H](C)C[C@H](N)C2)c(C2CC2)cc2c(=O)c(C(=O)O)c[nH]c12. The van der Waals surface area contributed by atoms with E-state index in [1.165, 1.54) is 6.20 Å². The number of ether oxygens (including phenoxy) is 1. The molecule has 2 heterocycles. The molecule has 1 aromatic carbocycles. The van der Waals surface area contributed by atoms with Gasteiger partial charge in [-0.3, -0.25) is 4.79 Å². The molecule has 4 N–H and O–H groups in total. The molecular formula is C20H25N3O4. The standard InChI is InChI=1S/C20H25N3O4/c1-10-5-12(21)9-23(8-10)17-13(11-3-4-11)6-14-16(19(17)27-2)22-7-15(18(14)24)20(25)26/h6-7,10-12H,3-5,8-9,21H2,1-2H3,(H,22,24)(H,25,26)/t10-,12-/m0/s1. The van der Waals surface area contributed by atoms with E-state index in [-0.39, 0.29) is 11.6 Å². The summed E-state index contributed by atoms with van der Waals surface area (Å²) in [7, 11) is 1.59. The highest BCUT2D eigenvalue weighted by atomic mass is 16.5. The molecule has 0 bridgehead atoms. The van der Waals surface area contributed by atoms with E-state index in [1.54, 1.807) is 7.11 Å². The first-order valence-corrected chi connectivity index (χ1v) is 9.40. The summed E-state index contributed by atoms with van der Waals surface area (Å²) in [6.45, 7) is 3.81. The molecule has 144 valence electrons. The van der Waals surface area contributed by atoms with Gasteiger partial charge in [-0.1, -0.05) is 6.92 Å². The van der Waals surface area contributed by atoms with E-state index < -0.39 is 11.4 Å². The van der Waals surface area contributed by atoms with Crippen LogP contribution < -0.4 is 20.8 Å². The summed E-state index contributed by atoms with van der Waals surface area (Å²) in [4.78, 5) is 29.4. The maximum Gasteiger partial charge on any atom is 0.341 e. The second-order valence-corrected chi connectivity index (χ2v) is 7.89. The molecule has 1 aliphatic carbocycles. The molecule has 2 aliphatic rings. The molecule has 27 heavy (non-hydrogen) atoms. The quantitative estimate of drug-likeness (QED) is 0.761. The van der Waals surface area contributed by atoms with E-state index in [0.717, 1.165) is 43.6 Å². The molecule has 1 aromatic heterocycles. The summed E-state index contributed by atoms with van der Waals surface area (Å²) in [5, 5.41) is 9.65. The number of aromatic amines is 1. The van der Waals surface area contributed by atoms with Crippen molar-refractivity contribution in [1.29, 1.82) is 0 Å². The number of benzene rings is 1. The lowest BCUT2D eigenvalue weighted by molar-refractivity contribution is 0.0695. The Morgan fingerprint density at radius 3 is 2.70 bits per heavy atom. The van der Waals surface area contributed by atoms with Crippen molar-refractivity contribution < 1.29 is 14.6 Å². The predicted octanol–water partition coefficient (Wildman–Crippen LogP) is 2.29. The molecular weight excluding hydrogens is 346 g/mol. The van der Waals surface area contributed by atoms with Crippen molar-refractivity contribution in [2.24, 2.45) is 11.7 Å². The zero-order chi connectivity index (χ0) is 19.3. The maximum atomic E-state index is 12.7. The summed E-state index contributed by atoms with van der Waals surface area (Å²) in [6.07, 6.45) is 4.37. The Labute approximate surface area is 157 Å². The zero-order valence-electron chi connectivity index (χ0n) is 15.6. The Morgan fingerprint density at radius 2 is 2.11 bits per heavy atom. The fraction of sp³-hybridized carbons (Fsp3) is 0.500. The highest BCUT2D eigenvalue weighted by Gasteiger charge is 2.34. The van der Waals surface area contributed by atoms with Crippen LogP contribution in [0.1, 0.15) is 48.0 Å². The van der Waals surface area contributed by atoms with E-state index in [0.29, 0.717) is 28.5 Å². The second-order valence-electron chi connectivity index (χ2n) is 7.89. The van der Waals surface area contributed by atoms with Crippen molar-refractivity contribution in [3.63, 3.8) is 0 Å². The second kappa shape index (κ2) is 6.56. The number of carbonyl (C=O) groups is 1. The van der Waals surface area contributed by atoms with E-state index in [9.17, 15) is 14.7 Å². The highest BCUT2D eigenvalue weighted by molar-refractivity contribution is 5.97. The van der Waals surface area contributed by atoms with Gasteiger partial charge in [0.05, 0.1) is 23.7 Å². The van der Waals surface area contributed by atoms with Gasteiger partial charge in [0.2, 0.25) is 5.43 Å². The Balaban J connectivity index is 1.98. The number of H-pyrrole nitrogens is 1. The summed E-state index contributed by atoms with van der Waals surface area (Å²) in [5.41, 5.74) is 8.13. The number of hydrogen-bond acceptors (Lipinski definition) is 5. The molecule has 1 aliphatic heterocycles. The van der Waals surface area contributed by atoms with Crippen LogP contribution in [0.5, 0.6) is 5.75 Å². The number of piperidine rings is 1. The molecule has 7 heteroatoms. The number of aromatic carboxylic acids is 1. The lowest BCUT2D eigenvalue weighted by atomic mass is 9.93. The van der Waals surface area contributed by atoms with E-state index in [1.807, 2.05) is 6.07 Å². The van der Waals surface area contributed by atoms with Crippen LogP contribution in [0.15, 0.2) is 17.1 Å². The number of carboxylic acids is 1. The summed E-state index contributed by atoms with van der Waals surface area (Å²) < 4.78 is 5.76. The number of hydrogen-bond donors (Lipinski definition) is 3. The van der Waals surface area contributed by atoms with Gasteiger partial charge < -0.3 is 25.5 Å². The third-order valence-electron chi connectivity index (χ3n) is 5.59. The number of anilines is 1. The van der Waals surface area contributed by atoms with Crippen molar-refractivity contribution in [2.75, 3.05) is 25.1 Å². The maximum absolute atomic E-state index is 12.7. The summed E-state index contributed by atoms with van der Waals surface area (Å²) in [6, 6.07) is 1.95. The molecule has 2 aromatic rings. The van der Waals surface area contributed by atoms with Crippen molar-refractivity contribution in [1.82, 2.24) is 4.98 Å². The fourth-order valence-corrected chi connectivity index (χ4v) is 4.32. The fourth-order valence-electron chi connectivity index (χ4n) is 4.32. The van der Waals surface area contributed by atoms with Crippen molar-refractivity contribution in [2.45, 2.75) is 38.1 Å². The first-order valence-electron chi connectivity index (χ1n) is 9.40. The lowest BCUT2D eigenvalue weighted by Crippen LogP contribution is -2.46. The van der Waals surface area contributed by atoms with Crippen LogP contribution in [0.4, 0.5) is 5.69 Å². The molecule has 0 spiro atoms. The van der Waals surface area contributed by atoms with Gasteiger partial charge in [-0.15, -0.1) is 0 Å². The Morgan fingerprint density at radius 1 is 1.37 bits per heavy atom. The number of nitrogens with two attached hydrogens (primary N) is 1. The lowest BCUT2D eigenvalue weighted by Gasteiger charge is -2.38.